The van der Waals surface area contributed by atoms with Crippen LogP contribution in [0.3, 0.4) is 0 Å². The third kappa shape index (κ3) is 4.41. The first kappa shape index (κ1) is 25.6. The Balaban J connectivity index is 1.18. The maximum Gasteiger partial charge on any atom is 0.0541 e. The molecule has 1 nitrogen and oxygen atoms in total. The van der Waals surface area contributed by atoms with Gasteiger partial charge in [0.1, 0.15) is 0 Å². The van der Waals surface area contributed by atoms with E-state index in [1.807, 2.05) is 0 Å². The fraction of sp³-hybridized carbons (Fsp3) is 0. The van der Waals surface area contributed by atoms with E-state index in [4.69, 9.17) is 0 Å². The van der Waals surface area contributed by atoms with E-state index >= 15 is 0 Å². The third-order valence-corrected chi connectivity index (χ3v) is 9.16. The average molecular weight is 572 g/mol. The summed E-state index contributed by atoms with van der Waals surface area (Å²) < 4.78 is 2.39. The van der Waals surface area contributed by atoms with Gasteiger partial charge in [-0.25, -0.2) is 0 Å². The lowest BCUT2D eigenvalue weighted by atomic mass is 9.97. The van der Waals surface area contributed by atoms with Crippen molar-refractivity contribution in [1.82, 2.24) is 4.57 Å². The first-order chi connectivity index (χ1) is 22.3. The third-order valence-electron chi connectivity index (χ3n) is 9.16. The Kier molecular flexibility index (Phi) is 5.89. The Morgan fingerprint density at radius 1 is 0.267 bits per heavy atom. The normalized spacial score (nSPS) is 11.6. The molecule has 1 heterocycles. The van der Waals surface area contributed by atoms with Gasteiger partial charge in [0.15, 0.2) is 0 Å². The van der Waals surface area contributed by atoms with Crippen LogP contribution in [0.2, 0.25) is 0 Å². The summed E-state index contributed by atoms with van der Waals surface area (Å²) in [5, 5.41) is 7.57. The van der Waals surface area contributed by atoms with Crippen LogP contribution in [0, 0.1) is 0 Å². The number of hydrogen-bond donors (Lipinski definition) is 0. The molecule has 0 fully saturated rings. The van der Waals surface area contributed by atoms with Crippen molar-refractivity contribution in [3.63, 3.8) is 0 Å². The van der Waals surface area contributed by atoms with E-state index in [1.165, 1.54) is 82.4 Å². The van der Waals surface area contributed by atoms with Crippen molar-refractivity contribution >= 4 is 43.4 Å². The van der Waals surface area contributed by atoms with Crippen molar-refractivity contribution in [2.45, 2.75) is 0 Å². The molecule has 1 heteroatoms. The van der Waals surface area contributed by atoms with Gasteiger partial charge in [-0.2, -0.15) is 0 Å². The van der Waals surface area contributed by atoms with Gasteiger partial charge in [-0.05, 0) is 103 Å². The van der Waals surface area contributed by atoms with Crippen molar-refractivity contribution in [3.8, 4) is 39.1 Å². The number of hydrogen-bond acceptors (Lipinski definition) is 0. The first-order valence-corrected chi connectivity index (χ1v) is 15.5. The zero-order valence-electron chi connectivity index (χ0n) is 24.7. The molecule has 9 rings (SSSR count). The summed E-state index contributed by atoms with van der Waals surface area (Å²) in [5.74, 6) is 0. The van der Waals surface area contributed by atoms with Crippen molar-refractivity contribution in [1.29, 1.82) is 0 Å². The van der Waals surface area contributed by atoms with E-state index in [0.29, 0.717) is 0 Å². The minimum absolute atomic E-state index is 1.17. The molecular formula is C44H29N. The number of nitrogens with zero attached hydrogens (tertiary/aromatic N) is 1. The second kappa shape index (κ2) is 10.4. The van der Waals surface area contributed by atoms with Crippen LogP contribution in [-0.2, 0) is 0 Å². The lowest BCUT2D eigenvalue weighted by molar-refractivity contribution is 1.18. The number of para-hydroxylation sites is 1. The van der Waals surface area contributed by atoms with Crippen molar-refractivity contribution in [2.24, 2.45) is 0 Å². The van der Waals surface area contributed by atoms with Gasteiger partial charge in [-0.1, -0.05) is 127 Å². The van der Waals surface area contributed by atoms with Gasteiger partial charge in [0.2, 0.25) is 0 Å². The van der Waals surface area contributed by atoms with Gasteiger partial charge in [0.05, 0.1) is 11.0 Å². The summed E-state index contributed by atoms with van der Waals surface area (Å²) in [6.45, 7) is 0. The molecule has 0 radical (unpaired) electrons. The van der Waals surface area contributed by atoms with Crippen molar-refractivity contribution in [3.05, 3.63) is 176 Å². The smallest absolute Gasteiger partial charge is 0.0541 e. The van der Waals surface area contributed by atoms with Crippen LogP contribution in [0.25, 0.3) is 82.4 Å². The summed E-state index contributed by atoms with van der Waals surface area (Å²) in [7, 11) is 0. The Hall–Kier alpha value is -5.92. The zero-order chi connectivity index (χ0) is 29.7. The number of aromatic nitrogens is 1. The van der Waals surface area contributed by atoms with Crippen LogP contribution in [0.5, 0.6) is 0 Å². The van der Waals surface area contributed by atoms with Crippen molar-refractivity contribution in [2.75, 3.05) is 0 Å². The Morgan fingerprint density at radius 3 is 1.18 bits per heavy atom. The minimum atomic E-state index is 1.17. The minimum Gasteiger partial charge on any atom is -0.309 e. The summed E-state index contributed by atoms with van der Waals surface area (Å²) in [6, 6.07) is 64.1. The van der Waals surface area contributed by atoms with Gasteiger partial charge in [-0.3, -0.25) is 0 Å². The van der Waals surface area contributed by atoms with E-state index in [9.17, 15) is 0 Å². The van der Waals surface area contributed by atoms with Gasteiger partial charge in [-0.15, -0.1) is 0 Å². The Labute approximate surface area is 262 Å². The fourth-order valence-electron chi connectivity index (χ4n) is 6.83. The molecule has 8 aromatic carbocycles. The van der Waals surface area contributed by atoms with Gasteiger partial charge < -0.3 is 4.57 Å². The molecule has 0 amide bonds. The van der Waals surface area contributed by atoms with Gasteiger partial charge in [0, 0.05) is 16.5 Å². The standard InChI is InChI=1S/C44H29N/c1-2-12-40(13-3-1)45-43-24-22-38(33-16-14-32(15-17-33)36-20-18-30-8-4-6-10-34(30)26-36)28-41(43)42-29-39(23-25-44(42)45)37-21-19-31-9-5-7-11-35(31)27-37/h1-29H. The van der Waals surface area contributed by atoms with E-state index in [-0.39, 0.29) is 0 Å². The molecule has 210 valence electrons. The fourth-order valence-corrected chi connectivity index (χ4v) is 6.83. The van der Waals surface area contributed by atoms with E-state index in [1.54, 1.807) is 0 Å². The maximum atomic E-state index is 2.39. The lowest BCUT2D eigenvalue weighted by Crippen LogP contribution is -1.93. The molecule has 0 saturated carbocycles. The molecule has 0 aliphatic carbocycles. The second-order valence-corrected chi connectivity index (χ2v) is 11.8. The van der Waals surface area contributed by atoms with Gasteiger partial charge in [0.25, 0.3) is 0 Å². The highest BCUT2D eigenvalue weighted by Gasteiger charge is 2.15. The molecule has 0 bridgehead atoms. The predicted molar refractivity (Wildman–Crippen MR) is 192 cm³/mol. The molecule has 0 aliphatic rings. The number of fused-ring (bicyclic) bond motifs is 5. The summed E-state index contributed by atoms with van der Waals surface area (Å²) in [4.78, 5) is 0. The van der Waals surface area contributed by atoms with Crippen LogP contribution < -0.4 is 0 Å². The van der Waals surface area contributed by atoms with E-state index in [0.717, 1.165) is 0 Å². The zero-order valence-corrected chi connectivity index (χ0v) is 24.7. The molecule has 0 unspecified atom stereocenters. The molecule has 1 aromatic heterocycles. The summed E-state index contributed by atoms with van der Waals surface area (Å²) in [6.07, 6.45) is 0. The molecule has 0 atom stereocenters. The highest BCUT2D eigenvalue weighted by molar-refractivity contribution is 6.11. The highest BCUT2D eigenvalue weighted by atomic mass is 15.0. The number of rotatable bonds is 4. The Bertz CT molecular complexity index is 2520. The molecule has 0 N–H and O–H groups in total. The molecular weight excluding hydrogens is 542 g/mol. The highest BCUT2D eigenvalue weighted by Crippen LogP contribution is 2.38. The molecule has 0 saturated heterocycles. The van der Waals surface area contributed by atoms with Crippen LogP contribution in [0.15, 0.2) is 176 Å². The van der Waals surface area contributed by atoms with Gasteiger partial charge >= 0.3 is 0 Å². The van der Waals surface area contributed by atoms with Crippen LogP contribution in [0.4, 0.5) is 0 Å². The largest absolute Gasteiger partial charge is 0.309 e. The number of benzene rings is 8. The lowest BCUT2D eigenvalue weighted by Gasteiger charge is -2.09. The van der Waals surface area contributed by atoms with E-state index in [2.05, 4.69) is 180 Å². The molecule has 0 aliphatic heterocycles. The molecule has 9 aromatic rings. The quantitative estimate of drug-likeness (QED) is 0.198. The average Bonchev–Trinajstić information content (AvgIpc) is 3.44. The predicted octanol–water partition coefficient (Wildman–Crippen LogP) is 12.1. The Morgan fingerprint density at radius 2 is 0.644 bits per heavy atom. The van der Waals surface area contributed by atoms with E-state index < -0.39 is 0 Å². The maximum absolute atomic E-state index is 2.39. The van der Waals surface area contributed by atoms with Crippen LogP contribution >= 0.6 is 0 Å². The SMILES string of the molecule is c1ccc(-n2c3ccc(-c4ccc(-c5ccc6ccccc6c5)cc4)cc3c3cc(-c4ccc5ccccc5c4)ccc32)cc1. The summed E-state index contributed by atoms with van der Waals surface area (Å²) >= 11 is 0. The monoisotopic (exact) mass is 571 g/mol. The summed E-state index contributed by atoms with van der Waals surface area (Å²) in [5.41, 5.74) is 11.0. The second-order valence-electron chi connectivity index (χ2n) is 11.8. The van der Waals surface area contributed by atoms with Crippen LogP contribution in [0.1, 0.15) is 0 Å². The molecule has 0 spiro atoms. The van der Waals surface area contributed by atoms with Crippen LogP contribution in [-0.4, -0.2) is 4.57 Å². The first-order valence-electron chi connectivity index (χ1n) is 15.5. The molecule has 45 heavy (non-hydrogen) atoms. The topological polar surface area (TPSA) is 4.93 Å². The van der Waals surface area contributed by atoms with Crippen molar-refractivity contribution < 1.29 is 0 Å².